The summed E-state index contributed by atoms with van der Waals surface area (Å²) in [6.45, 7) is 10.3. The molecule has 120 valence electrons. The number of hydrogen-bond donors (Lipinski definition) is 1. The maximum absolute atomic E-state index is 10.6. The van der Waals surface area contributed by atoms with E-state index in [1.54, 1.807) is 7.11 Å². The van der Waals surface area contributed by atoms with Crippen molar-refractivity contribution in [1.82, 2.24) is 4.90 Å². The highest BCUT2D eigenvalue weighted by Gasteiger charge is 2.19. The number of aryl methyl sites for hydroxylation is 1. The number of hydrogen-bond acceptors (Lipinski definition) is 3. The summed E-state index contributed by atoms with van der Waals surface area (Å²) in [6.07, 6.45) is 3.14. The second-order valence-electron chi connectivity index (χ2n) is 6.06. The number of ether oxygens (including phenoxy) is 1. The lowest BCUT2D eigenvalue weighted by Gasteiger charge is -2.29. The van der Waals surface area contributed by atoms with Crippen LogP contribution in [0.25, 0.3) is 0 Å². The van der Waals surface area contributed by atoms with Crippen LogP contribution in [0, 0.1) is 6.92 Å². The molecule has 0 heterocycles. The molecule has 1 aromatic carbocycles. The standard InChI is InChI=1S/C18H31NO2/c1-6-7-8-11-19(14(2)3)13-17(20)16-12-15(4)9-10-18(16)21-5/h9-10,12,14,17,20H,6-8,11,13H2,1-5H3. The summed E-state index contributed by atoms with van der Waals surface area (Å²) in [5.74, 6) is 0.769. The minimum Gasteiger partial charge on any atom is -0.496 e. The fourth-order valence-electron chi connectivity index (χ4n) is 2.56. The number of nitrogens with zero attached hydrogens (tertiary/aromatic N) is 1. The van der Waals surface area contributed by atoms with Crippen LogP contribution >= 0.6 is 0 Å². The van der Waals surface area contributed by atoms with Gasteiger partial charge in [0.25, 0.3) is 0 Å². The Labute approximate surface area is 129 Å². The van der Waals surface area contributed by atoms with Crippen molar-refractivity contribution in [2.75, 3.05) is 20.2 Å². The summed E-state index contributed by atoms with van der Waals surface area (Å²) in [5.41, 5.74) is 2.03. The van der Waals surface area contributed by atoms with Crippen LogP contribution in [-0.2, 0) is 0 Å². The zero-order chi connectivity index (χ0) is 15.8. The first-order valence-corrected chi connectivity index (χ1v) is 8.06. The molecule has 0 aliphatic heterocycles. The second kappa shape index (κ2) is 9.06. The van der Waals surface area contributed by atoms with Crippen LogP contribution in [0.5, 0.6) is 5.75 Å². The molecule has 1 atom stereocenters. The highest BCUT2D eigenvalue weighted by molar-refractivity contribution is 5.38. The summed E-state index contributed by atoms with van der Waals surface area (Å²) < 4.78 is 5.38. The predicted octanol–water partition coefficient (Wildman–Crippen LogP) is 3.94. The third-order valence-corrected chi connectivity index (χ3v) is 3.93. The van der Waals surface area contributed by atoms with Gasteiger partial charge in [-0.3, -0.25) is 4.90 Å². The fraction of sp³-hybridized carbons (Fsp3) is 0.667. The maximum Gasteiger partial charge on any atom is 0.124 e. The molecule has 0 spiro atoms. The fourth-order valence-corrected chi connectivity index (χ4v) is 2.56. The molecule has 3 heteroatoms. The molecule has 1 aromatic rings. The van der Waals surface area contributed by atoms with Gasteiger partial charge in [0.1, 0.15) is 5.75 Å². The molecule has 0 bridgehead atoms. The van der Waals surface area contributed by atoms with E-state index in [-0.39, 0.29) is 0 Å². The molecule has 0 amide bonds. The Morgan fingerprint density at radius 3 is 2.52 bits per heavy atom. The average molecular weight is 293 g/mol. The summed E-state index contributed by atoms with van der Waals surface area (Å²) in [7, 11) is 1.66. The Balaban J connectivity index is 2.76. The van der Waals surface area contributed by atoms with E-state index in [0.29, 0.717) is 12.6 Å². The van der Waals surface area contributed by atoms with Gasteiger partial charge in [-0.1, -0.05) is 31.4 Å². The van der Waals surface area contributed by atoms with Crippen molar-refractivity contribution >= 4 is 0 Å². The van der Waals surface area contributed by atoms with E-state index >= 15 is 0 Å². The topological polar surface area (TPSA) is 32.7 Å². The number of methoxy groups -OCH3 is 1. The molecule has 0 saturated carbocycles. The van der Waals surface area contributed by atoms with E-state index in [9.17, 15) is 5.11 Å². The largest absolute Gasteiger partial charge is 0.496 e. The minimum atomic E-state index is -0.510. The first kappa shape index (κ1) is 18.0. The number of rotatable bonds is 9. The molecule has 0 aromatic heterocycles. The zero-order valence-corrected chi connectivity index (χ0v) is 14.2. The van der Waals surface area contributed by atoms with Gasteiger partial charge in [0.05, 0.1) is 13.2 Å². The van der Waals surface area contributed by atoms with E-state index in [2.05, 4.69) is 25.7 Å². The lowest BCUT2D eigenvalue weighted by atomic mass is 10.0. The van der Waals surface area contributed by atoms with Crippen molar-refractivity contribution in [3.8, 4) is 5.75 Å². The van der Waals surface area contributed by atoms with Crippen molar-refractivity contribution < 1.29 is 9.84 Å². The summed E-state index contributed by atoms with van der Waals surface area (Å²) in [4.78, 5) is 2.35. The number of aliphatic hydroxyl groups is 1. The van der Waals surface area contributed by atoms with Crippen molar-refractivity contribution in [2.24, 2.45) is 0 Å². The number of benzene rings is 1. The third-order valence-electron chi connectivity index (χ3n) is 3.93. The Morgan fingerprint density at radius 2 is 1.95 bits per heavy atom. The maximum atomic E-state index is 10.6. The van der Waals surface area contributed by atoms with E-state index in [1.165, 1.54) is 19.3 Å². The van der Waals surface area contributed by atoms with Crippen molar-refractivity contribution in [3.63, 3.8) is 0 Å². The summed E-state index contributed by atoms with van der Waals surface area (Å²) in [5, 5.41) is 10.6. The van der Waals surface area contributed by atoms with Crippen molar-refractivity contribution in [2.45, 2.75) is 59.1 Å². The van der Waals surface area contributed by atoms with E-state index in [1.807, 2.05) is 25.1 Å². The van der Waals surface area contributed by atoms with Crippen LogP contribution in [0.3, 0.4) is 0 Å². The molecule has 1 N–H and O–H groups in total. The number of aliphatic hydroxyl groups excluding tert-OH is 1. The Hall–Kier alpha value is -1.06. The lowest BCUT2D eigenvalue weighted by molar-refractivity contribution is 0.0923. The van der Waals surface area contributed by atoms with E-state index in [4.69, 9.17) is 4.74 Å². The molecule has 1 unspecified atom stereocenters. The van der Waals surface area contributed by atoms with Gasteiger partial charge in [-0.05, 0) is 45.9 Å². The summed E-state index contributed by atoms with van der Waals surface area (Å²) in [6, 6.07) is 6.40. The molecular formula is C18H31NO2. The zero-order valence-electron chi connectivity index (χ0n) is 14.2. The smallest absolute Gasteiger partial charge is 0.124 e. The van der Waals surface area contributed by atoms with Gasteiger partial charge in [-0.15, -0.1) is 0 Å². The molecule has 0 fully saturated rings. The van der Waals surface area contributed by atoms with Gasteiger partial charge < -0.3 is 9.84 Å². The molecule has 1 rings (SSSR count). The Kier molecular flexibility index (Phi) is 7.76. The van der Waals surface area contributed by atoms with Gasteiger partial charge in [0, 0.05) is 18.2 Å². The molecule has 21 heavy (non-hydrogen) atoms. The molecule has 0 aliphatic carbocycles. The van der Waals surface area contributed by atoms with E-state index in [0.717, 1.165) is 23.4 Å². The van der Waals surface area contributed by atoms with Gasteiger partial charge in [-0.25, -0.2) is 0 Å². The van der Waals surface area contributed by atoms with Gasteiger partial charge in [0.2, 0.25) is 0 Å². The van der Waals surface area contributed by atoms with Crippen LogP contribution in [-0.4, -0.2) is 36.2 Å². The predicted molar refractivity (Wildman–Crippen MR) is 88.9 cm³/mol. The van der Waals surface area contributed by atoms with Crippen LogP contribution in [0.2, 0.25) is 0 Å². The normalized spacial score (nSPS) is 13.0. The quantitative estimate of drug-likeness (QED) is 0.700. The molecule has 0 saturated heterocycles. The second-order valence-corrected chi connectivity index (χ2v) is 6.06. The highest BCUT2D eigenvalue weighted by atomic mass is 16.5. The van der Waals surface area contributed by atoms with Gasteiger partial charge in [0.15, 0.2) is 0 Å². The molecule has 3 nitrogen and oxygen atoms in total. The van der Waals surface area contributed by atoms with Gasteiger partial charge >= 0.3 is 0 Å². The van der Waals surface area contributed by atoms with Crippen LogP contribution in [0.4, 0.5) is 0 Å². The Morgan fingerprint density at radius 1 is 1.24 bits per heavy atom. The SMILES string of the molecule is CCCCCN(CC(O)c1cc(C)ccc1OC)C(C)C. The highest BCUT2D eigenvalue weighted by Crippen LogP contribution is 2.27. The first-order valence-electron chi connectivity index (χ1n) is 8.06. The monoisotopic (exact) mass is 293 g/mol. The molecule has 0 radical (unpaired) electrons. The van der Waals surface area contributed by atoms with E-state index < -0.39 is 6.10 Å². The van der Waals surface area contributed by atoms with Crippen molar-refractivity contribution in [3.05, 3.63) is 29.3 Å². The Bertz CT molecular complexity index is 418. The number of unbranched alkanes of at least 4 members (excludes halogenated alkanes) is 2. The van der Waals surface area contributed by atoms with Crippen LogP contribution in [0.15, 0.2) is 18.2 Å². The summed E-state index contributed by atoms with van der Waals surface area (Å²) >= 11 is 0. The van der Waals surface area contributed by atoms with Gasteiger partial charge in [-0.2, -0.15) is 0 Å². The molecule has 0 aliphatic rings. The first-order chi connectivity index (χ1) is 9.99. The average Bonchev–Trinajstić information content (AvgIpc) is 2.46. The lowest BCUT2D eigenvalue weighted by Crippen LogP contribution is -2.35. The van der Waals surface area contributed by atoms with Crippen molar-refractivity contribution in [1.29, 1.82) is 0 Å². The van der Waals surface area contributed by atoms with Crippen LogP contribution in [0.1, 0.15) is 57.3 Å². The molecular weight excluding hydrogens is 262 g/mol. The van der Waals surface area contributed by atoms with Crippen LogP contribution < -0.4 is 4.74 Å². The minimum absolute atomic E-state index is 0.437. The third kappa shape index (κ3) is 5.68.